The minimum Gasteiger partial charge on any atom is -0.489 e. The molecule has 0 atom stereocenters. The second-order valence-corrected chi connectivity index (χ2v) is 6.87. The third kappa shape index (κ3) is 5.89. The standard InChI is InChI=1S/C27H23O3/c1-4-10-22(11-5-1)19-28-25-16-26(29-20-23-12-6-2-7-13-23)18-27(17-25)30-21-24-14-8-3-9-15-24/h1-17H,19-21H2. The van der Waals surface area contributed by atoms with Crippen molar-refractivity contribution >= 4 is 0 Å². The smallest absolute Gasteiger partial charge is 0.135 e. The molecule has 0 amide bonds. The van der Waals surface area contributed by atoms with Gasteiger partial charge in [0.2, 0.25) is 0 Å². The molecule has 3 nitrogen and oxygen atoms in total. The number of ether oxygens (including phenoxy) is 3. The first-order valence-electron chi connectivity index (χ1n) is 9.93. The van der Waals surface area contributed by atoms with Crippen LogP contribution in [0.4, 0.5) is 0 Å². The molecule has 1 radical (unpaired) electrons. The van der Waals surface area contributed by atoms with Crippen LogP contribution in [0.3, 0.4) is 0 Å². The zero-order valence-corrected chi connectivity index (χ0v) is 16.7. The lowest BCUT2D eigenvalue weighted by molar-refractivity contribution is 0.273. The number of benzene rings is 4. The van der Waals surface area contributed by atoms with Crippen molar-refractivity contribution in [2.75, 3.05) is 0 Å². The van der Waals surface area contributed by atoms with E-state index in [1.54, 1.807) is 0 Å². The van der Waals surface area contributed by atoms with E-state index >= 15 is 0 Å². The predicted octanol–water partition coefficient (Wildman–Crippen LogP) is 6.22. The van der Waals surface area contributed by atoms with Crippen LogP contribution in [0.5, 0.6) is 17.2 Å². The Balaban J connectivity index is 1.48. The molecule has 0 heterocycles. The van der Waals surface area contributed by atoms with E-state index in [-0.39, 0.29) is 0 Å². The van der Waals surface area contributed by atoms with Crippen LogP contribution in [-0.4, -0.2) is 0 Å². The van der Waals surface area contributed by atoms with Crippen LogP contribution in [-0.2, 0) is 19.8 Å². The lowest BCUT2D eigenvalue weighted by Gasteiger charge is -2.13. The van der Waals surface area contributed by atoms with Crippen molar-refractivity contribution in [3.63, 3.8) is 0 Å². The SMILES string of the molecule is [c]1c(OCc2ccccc2)cc(OCc2ccccc2)cc1OCc1ccccc1. The van der Waals surface area contributed by atoms with E-state index in [0.29, 0.717) is 37.1 Å². The molecule has 4 aromatic carbocycles. The summed E-state index contributed by atoms with van der Waals surface area (Å²) in [6.07, 6.45) is 0. The van der Waals surface area contributed by atoms with E-state index in [9.17, 15) is 0 Å². The van der Waals surface area contributed by atoms with Crippen molar-refractivity contribution in [2.45, 2.75) is 19.8 Å². The lowest BCUT2D eigenvalue weighted by atomic mass is 10.2. The van der Waals surface area contributed by atoms with Gasteiger partial charge in [-0.2, -0.15) is 0 Å². The maximum atomic E-state index is 6.00. The minimum atomic E-state index is 0.456. The molecule has 0 saturated carbocycles. The Morgan fingerprint density at radius 3 is 1.23 bits per heavy atom. The van der Waals surface area contributed by atoms with Gasteiger partial charge in [-0.05, 0) is 16.7 Å². The summed E-state index contributed by atoms with van der Waals surface area (Å²) in [5.74, 6) is 1.86. The fourth-order valence-electron chi connectivity index (χ4n) is 2.94. The van der Waals surface area contributed by atoms with Crippen molar-refractivity contribution in [1.29, 1.82) is 0 Å². The van der Waals surface area contributed by atoms with Gasteiger partial charge in [0.15, 0.2) is 0 Å². The zero-order chi connectivity index (χ0) is 20.4. The molecule has 0 fully saturated rings. The fraction of sp³-hybridized carbons (Fsp3) is 0.111. The third-order valence-corrected chi connectivity index (χ3v) is 4.52. The maximum absolute atomic E-state index is 6.00. The first kappa shape index (κ1) is 19.6. The van der Waals surface area contributed by atoms with Crippen molar-refractivity contribution < 1.29 is 14.2 Å². The van der Waals surface area contributed by atoms with Gasteiger partial charge >= 0.3 is 0 Å². The second kappa shape index (κ2) is 10.2. The van der Waals surface area contributed by atoms with E-state index in [1.807, 2.05) is 103 Å². The van der Waals surface area contributed by atoms with Gasteiger partial charge in [-0.25, -0.2) is 0 Å². The van der Waals surface area contributed by atoms with Crippen LogP contribution in [0.1, 0.15) is 16.7 Å². The first-order chi connectivity index (χ1) is 14.8. The Morgan fingerprint density at radius 1 is 0.467 bits per heavy atom. The van der Waals surface area contributed by atoms with E-state index in [2.05, 4.69) is 6.07 Å². The quantitative estimate of drug-likeness (QED) is 0.336. The average Bonchev–Trinajstić information content (AvgIpc) is 2.82. The van der Waals surface area contributed by atoms with Crippen LogP contribution in [0.25, 0.3) is 0 Å². The van der Waals surface area contributed by atoms with Crippen LogP contribution in [0.15, 0.2) is 103 Å². The van der Waals surface area contributed by atoms with Gasteiger partial charge in [0.25, 0.3) is 0 Å². The van der Waals surface area contributed by atoms with E-state index in [4.69, 9.17) is 14.2 Å². The summed E-state index contributed by atoms with van der Waals surface area (Å²) >= 11 is 0. The van der Waals surface area contributed by atoms with Crippen molar-refractivity contribution in [3.8, 4) is 17.2 Å². The van der Waals surface area contributed by atoms with Gasteiger partial charge in [0.1, 0.15) is 37.1 Å². The second-order valence-electron chi connectivity index (χ2n) is 6.87. The summed E-state index contributed by atoms with van der Waals surface area (Å²) in [7, 11) is 0. The molecule has 30 heavy (non-hydrogen) atoms. The van der Waals surface area contributed by atoms with E-state index < -0.39 is 0 Å². The molecule has 3 heteroatoms. The van der Waals surface area contributed by atoms with Crippen LogP contribution in [0.2, 0.25) is 0 Å². The Bertz CT molecular complexity index is 882. The van der Waals surface area contributed by atoms with E-state index in [0.717, 1.165) is 16.7 Å². The molecule has 0 aliphatic carbocycles. The van der Waals surface area contributed by atoms with Gasteiger partial charge in [-0.15, -0.1) is 0 Å². The molecule has 0 saturated heterocycles. The van der Waals surface area contributed by atoms with Crippen molar-refractivity contribution in [2.24, 2.45) is 0 Å². The van der Waals surface area contributed by atoms with E-state index in [1.165, 1.54) is 0 Å². The molecule has 0 bridgehead atoms. The van der Waals surface area contributed by atoms with Crippen LogP contribution >= 0.6 is 0 Å². The normalized spacial score (nSPS) is 10.4. The first-order valence-corrected chi connectivity index (χ1v) is 9.93. The Hall–Kier alpha value is -3.72. The Labute approximate surface area is 177 Å². The van der Waals surface area contributed by atoms with Gasteiger partial charge in [-0.1, -0.05) is 91.0 Å². The number of hydrogen-bond donors (Lipinski definition) is 0. The van der Waals surface area contributed by atoms with Crippen molar-refractivity contribution in [1.82, 2.24) is 0 Å². The topological polar surface area (TPSA) is 27.7 Å². The zero-order valence-electron chi connectivity index (χ0n) is 16.7. The summed E-state index contributed by atoms with van der Waals surface area (Å²) in [6, 6.07) is 37.0. The molecular formula is C27H23O3. The third-order valence-electron chi connectivity index (χ3n) is 4.52. The van der Waals surface area contributed by atoms with Crippen LogP contribution < -0.4 is 14.2 Å². The molecule has 0 aliphatic heterocycles. The highest BCUT2D eigenvalue weighted by Gasteiger charge is 2.07. The molecule has 0 unspecified atom stereocenters. The fourth-order valence-corrected chi connectivity index (χ4v) is 2.94. The highest BCUT2D eigenvalue weighted by atomic mass is 16.5. The molecule has 149 valence electrons. The Morgan fingerprint density at radius 2 is 0.833 bits per heavy atom. The molecule has 4 aromatic rings. The maximum Gasteiger partial charge on any atom is 0.135 e. The van der Waals surface area contributed by atoms with Gasteiger partial charge in [0.05, 0.1) is 6.07 Å². The molecule has 0 N–H and O–H groups in total. The summed E-state index contributed by atoms with van der Waals surface area (Å²) < 4.78 is 17.9. The highest BCUT2D eigenvalue weighted by molar-refractivity contribution is 5.41. The molecule has 0 spiro atoms. The van der Waals surface area contributed by atoms with Crippen molar-refractivity contribution in [3.05, 3.63) is 126 Å². The van der Waals surface area contributed by atoms with Gasteiger partial charge in [-0.3, -0.25) is 0 Å². The summed E-state index contributed by atoms with van der Waals surface area (Å²) in [5, 5.41) is 0. The predicted molar refractivity (Wildman–Crippen MR) is 118 cm³/mol. The van der Waals surface area contributed by atoms with Gasteiger partial charge in [0, 0.05) is 12.1 Å². The number of hydrogen-bond acceptors (Lipinski definition) is 3. The highest BCUT2D eigenvalue weighted by Crippen LogP contribution is 2.29. The minimum absolute atomic E-state index is 0.456. The summed E-state index contributed by atoms with van der Waals surface area (Å²) in [5.41, 5.74) is 3.28. The summed E-state index contributed by atoms with van der Waals surface area (Å²) in [6.45, 7) is 1.39. The Kier molecular flexibility index (Phi) is 6.64. The monoisotopic (exact) mass is 395 g/mol. The number of rotatable bonds is 9. The van der Waals surface area contributed by atoms with Crippen LogP contribution in [0, 0.1) is 6.07 Å². The molecule has 4 rings (SSSR count). The largest absolute Gasteiger partial charge is 0.489 e. The van der Waals surface area contributed by atoms with Gasteiger partial charge < -0.3 is 14.2 Å². The lowest BCUT2D eigenvalue weighted by Crippen LogP contribution is -2.00. The summed E-state index contributed by atoms with van der Waals surface area (Å²) in [4.78, 5) is 0. The molecular weight excluding hydrogens is 372 g/mol. The molecule has 0 aromatic heterocycles. The molecule has 0 aliphatic rings. The average molecular weight is 395 g/mol.